The highest BCUT2D eigenvalue weighted by Gasteiger charge is 2.11. The van der Waals surface area contributed by atoms with Gasteiger partial charge in [0.25, 0.3) is 0 Å². The lowest BCUT2D eigenvalue weighted by atomic mass is 10.0. The Hall–Kier alpha value is -0.0400. The van der Waals surface area contributed by atoms with Crippen molar-refractivity contribution in [3.8, 4) is 0 Å². The first-order chi connectivity index (χ1) is 5.09. The van der Waals surface area contributed by atoms with E-state index in [4.69, 9.17) is 0 Å². The van der Waals surface area contributed by atoms with Gasteiger partial charge in [0.15, 0.2) is 0 Å². The molecule has 1 nitrogen and oxygen atoms in total. The third-order valence-corrected chi connectivity index (χ3v) is 1.85. The lowest BCUT2D eigenvalue weighted by molar-refractivity contribution is 0.225. The van der Waals surface area contributed by atoms with Gasteiger partial charge in [-0.3, -0.25) is 0 Å². The van der Waals surface area contributed by atoms with Crippen LogP contribution in [0.1, 0.15) is 41.0 Å². The summed E-state index contributed by atoms with van der Waals surface area (Å²) in [5.74, 6) is 0.782. The van der Waals surface area contributed by atoms with Gasteiger partial charge in [-0.1, -0.05) is 34.6 Å². The lowest BCUT2D eigenvalue weighted by Crippen LogP contribution is -2.31. The van der Waals surface area contributed by atoms with Crippen LogP contribution in [0.2, 0.25) is 0 Å². The van der Waals surface area contributed by atoms with Crippen molar-refractivity contribution in [1.29, 1.82) is 0 Å². The topological polar surface area (TPSA) is 3.24 Å². The molecule has 1 heteroatoms. The zero-order valence-corrected chi connectivity index (χ0v) is 9.31. The second kappa shape index (κ2) is 8.06. The van der Waals surface area contributed by atoms with E-state index in [1.165, 1.54) is 6.42 Å². The molecule has 0 radical (unpaired) electrons. The first-order valence-corrected chi connectivity index (χ1v) is 4.76. The zero-order chi connectivity index (χ0) is 9.44. The quantitative estimate of drug-likeness (QED) is 0.612. The largest absolute Gasteiger partial charge is 0.306 e. The van der Waals surface area contributed by atoms with Gasteiger partial charge >= 0.3 is 0 Å². The number of rotatable bonds is 3. The van der Waals surface area contributed by atoms with Crippen LogP contribution >= 0.6 is 0 Å². The van der Waals surface area contributed by atoms with Crippen molar-refractivity contribution in [1.82, 2.24) is 4.90 Å². The van der Waals surface area contributed by atoms with Crippen molar-refractivity contribution >= 4 is 0 Å². The number of nitrogens with zero attached hydrogens (tertiary/aromatic N) is 1. The highest BCUT2D eigenvalue weighted by Crippen LogP contribution is 2.09. The van der Waals surface area contributed by atoms with E-state index in [9.17, 15) is 0 Å². The Kier molecular flexibility index (Phi) is 9.92. The standard InChI is InChI=1S/C8H19N.C2H6/c1-6-8(7(2)3)9(4)5;1-2/h7-8H,6H2,1-5H3;1-2H3. The maximum atomic E-state index is 2.30. The van der Waals surface area contributed by atoms with E-state index in [0.29, 0.717) is 0 Å². The average Bonchev–Trinajstić information content (AvgIpc) is 1.91. The van der Waals surface area contributed by atoms with Gasteiger partial charge in [-0.15, -0.1) is 0 Å². The number of hydrogen-bond acceptors (Lipinski definition) is 1. The summed E-state index contributed by atoms with van der Waals surface area (Å²) in [6.45, 7) is 10.8. The smallest absolute Gasteiger partial charge is 0.0109 e. The van der Waals surface area contributed by atoms with Crippen LogP contribution in [0.3, 0.4) is 0 Å². The normalized spacial score (nSPS) is 12.8. The van der Waals surface area contributed by atoms with Crippen LogP contribution in [0.25, 0.3) is 0 Å². The van der Waals surface area contributed by atoms with E-state index >= 15 is 0 Å². The minimum atomic E-state index is 0.755. The van der Waals surface area contributed by atoms with Crippen LogP contribution in [0, 0.1) is 5.92 Å². The molecule has 0 amide bonds. The Morgan fingerprint density at radius 1 is 1.09 bits per heavy atom. The van der Waals surface area contributed by atoms with Crippen LogP contribution in [-0.2, 0) is 0 Å². The third kappa shape index (κ3) is 6.36. The van der Waals surface area contributed by atoms with E-state index < -0.39 is 0 Å². The predicted octanol–water partition coefficient (Wildman–Crippen LogP) is 3.01. The van der Waals surface area contributed by atoms with Crippen molar-refractivity contribution in [2.45, 2.75) is 47.1 Å². The molecule has 0 aliphatic heterocycles. The summed E-state index contributed by atoms with van der Waals surface area (Å²) < 4.78 is 0. The van der Waals surface area contributed by atoms with Gasteiger partial charge in [-0.2, -0.15) is 0 Å². The maximum Gasteiger partial charge on any atom is 0.0109 e. The van der Waals surface area contributed by atoms with E-state index in [2.05, 4.69) is 39.8 Å². The molecule has 0 spiro atoms. The second-order valence-corrected chi connectivity index (χ2v) is 3.18. The molecule has 0 rings (SSSR count). The average molecular weight is 159 g/mol. The molecular weight excluding hydrogens is 134 g/mol. The SMILES string of the molecule is CC.CCC(C(C)C)N(C)C. The molecule has 0 aromatic heterocycles. The molecular formula is C10H25N. The van der Waals surface area contributed by atoms with Gasteiger partial charge in [0.2, 0.25) is 0 Å². The Morgan fingerprint density at radius 2 is 1.45 bits per heavy atom. The van der Waals surface area contributed by atoms with Gasteiger partial charge in [0, 0.05) is 6.04 Å². The fourth-order valence-corrected chi connectivity index (χ4v) is 1.43. The molecule has 11 heavy (non-hydrogen) atoms. The second-order valence-electron chi connectivity index (χ2n) is 3.18. The molecule has 0 saturated heterocycles. The van der Waals surface area contributed by atoms with E-state index in [-0.39, 0.29) is 0 Å². The van der Waals surface area contributed by atoms with Crippen molar-refractivity contribution in [2.75, 3.05) is 14.1 Å². The summed E-state index contributed by atoms with van der Waals surface area (Å²) in [6.07, 6.45) is 1.25. The highest BCUT2D eigenvalue weighted by molar-refractivity contribution is 4.66. The van der Waals surface area contributed by atoms with Crippen LogP contribution in [0.4, 0.5) is 0 Å². The summed E-state index contributed by atoms with van der Waals surface area (Å²) in [6, 6.07) is 0.755. The Morgan fingerprint density at radius 3 is 1.45 bits per heavy atom. The van der Waals surface area contributed by atoms with Crippen LogP contribution in [0.5, 0.6) is 0 Å². The van der Waals surface area contributed by atoms with Crippen LogP contribution < -0.4 is 0 Å². The van der Waals surface area contributed by atoms with Gasteiger partial charge in [-0.05, 0) is 26.4 Å². The van der Waals surface area contributed by atoms with Gasteiger partial charge < -0.3 is 4.90 Å². The molecule has 1 atom stereocenters. The molecule has 0 N–H and O–H groups in total. The van der Waals surface area contributed by atoms with Crippen molar-refractivity contribution in [2.24, 2.45) is 5.92 Å². The first-order valence-electron chi connectivity index (χ1n) is 4.76. The minimum absolute atomic E-state index is 0.755. The fraction of sp³-hybridized carbons (Fsp3) is 1.00. The molecule has 0 aromatic rings. The van der Waals surface area contributed by atoms with Crippen LogP contribution in [0.15, 0.2) is 0 Å². The highest BCUT2D eigenvalue weighted by atomic mass is 15.1. The summed E-state index contributed by atoms with van der Waals surface area (Å²) in [4.78, 5) is 2.30. The van der Waals surface area contributed by atoms with E-state index in [1.54, 1.807) is 0 Å². The molecule has 0 saturated carbocycles. The van der Waals surface area contributed by atoms with E-state index in [1.807, 2.05) is 13.8 Å². The van der Waals surface area contributed by atoms with Gasteiger partial charge in [-0.25, -0.2) is 0 Å². The molecule has 1 unspecified atom stereocenters. The summed E-state index contributed by atoms with van der Waals surface area (Å²) >= 11 is 0. The Bertz CT molecular complexity index is 59.3. The van der Waals surface area contributed by atoms with Crippen molar-refractivity contribution in [3.05, 3.63) is 0 Å². The van der Waals surface area contributed by atoms with Gasteiger partial charge in [0.1, 0.15) is 0 Å². The third-order valence-electron chi connectivity index (χ3n) is 1.85. The molecule has 0 heterocycles. The monoisotopic (exact) mass is 159 g/mol. The maximum absolute atomic E-state index is 2.30. The summed E-state index contributed by atoms with van der Waals surface area (Å²) in [5.41, 5.74) is 0. The lowest BCUT2D eigenvalue weighted by Gasteiger charge is -2.26. The molecule has 0 aromatic carbocycles. The van der Waals surface area contributed by atoms with Crippen LogP contribution in [-0.4, -0.2) is 25.0 Å². The Labute approximate surface area is 72.8 Å². The predicted molar refractivity (Wildman–Crippen MR) is 54.0 cm³/mol. The van der Waals surface area contributed by atoms with Crippen molar-refractivity contribution in [3.63, 3.8) is 0 Å². The first kappa shape index (κ1) is 13.5. The minimum Gasteiger partial charge on any atom is -0.306 e. The molecule has 0 bridgehead atoms. The number of hydrogen-bond donors (Lipinski definition) is 0. The van der Waals surface area contributed by atoms with Crippen molar-refractivity contribution < 1.29 is 0 Å². The van der Waals surface area contributed by atoms with Gasteiger partial charge in [0.05, 0.1) is 0 Å². The molecule has 0 fully saturated rings. The van der Waals surface area contributed by atoms with E-state index in [0.717, 1.165) is 12.0 Å². The zero-order valence-electron chi connectivity index (χ0n) is 9.31. The summed E-state index contributed by atoms with van der Waals surface area (Å²) in [7, 11) is 4.29. The molecule has 0 aliphatic rings. The Balaban J connectivity index is 0. The fourth-order valence-electron chi connectivity index (χ4n) is 1.43. The molecule has 70 valence electrons. The molecule has 0 aliphatic carbocycles. The summed E-state index contributed by atoms with van der Waals surface area (Å²) in [5, 5.41) is 0.